The lowest BCUT2D eigenvalue weighted by molar-refractivity contribution is 0.519. The minimum absolute atomic E-state index is 0.901. The van der Waals surface area contributed by atoms with Gasteiger partial charge in [-0.2, -0.15) is 0 Å². The van der Waals surface area contributed by atoms with Gasteiger partial charge in [-0.05, 0) is 43.5 Å². The Labute approximate surface area is 95.6 Å². The molecule has 0 N–H and O–H groups in total. The maximum atomic E-state index is 5.30. The van der Waals surface area contributed by atoms with Crippen molar-refractivity contribution < 1.29 is 8.83 Å². The molecule has 0 bridgehead atoms. The average molecular weight is 216 g/mol. The second-order valence-electron chi connectivity index (χ2n) is 3.98. The van der Waals surface area contributed by atoms with Crippen molar-refractivity contribution in [3.63, 3.8) is 0 Å². The minimum Gasteiger partial charge on any atom is -0.472 e. The lowest BCUT2D eigenvalue weighted by Gasteiger charge is -1.98. The molecule has 2 heterocycles. The van der Waals surface area contributed by atoms with Crippen LogP contribution in [0.3, 0.4) is 0 Å². The summed E-state index contributed by atoms with van der Waals surface area (Å²) in [6.45, 7) is 2.14. The fourth-order valence-electron chi connectivity index (χ4n) is 1.68. The van der Waals surface area contributed by atoms with Crippen LogP contribution in [0.1, 0.15) is 24.7 Å². The molecule has 2 heteroatoms. The standard InChI is InChI=1S/C14H16O2/c1-12(10-14-6-3-8-16-14)4-2-5-13-7-9-15-11-13/h3-4,6-9,11H,2,5,10H2,1H3. The zero-order valence-corrected chi connectivity index (χ0v) is 9.48. The van der Waals surface area contributed by atoms with Gasteiger partial charge in [-0.1, -0.05) is 11.6 Å². The summed E-state index contributed by atoms with van der Waals surface area (Å²) in [5.74, 6) is 1.03. The Kier molecular flexibility index (Phi) is 3.65. The molecule has 0 unspecified atom stereocenters. The zero-order chi connectivity index (χ0) is 11.2. The van der Waals surface area contributed by atoms with Gasteiger partial charge in [0.25, 0.3) is 0 Å². The van der Waals surface area contributed by atoms with Crippen LogP contribution in [0.2, 0.25) is 0 Å². The molecule has 0 aromatic carbocycles. The zero-order valence-electron chi connectivity index (χ0n) is 9.48. The largest absolute Gasteiger partial charge is 0.472 e. The highest BCUT2D eigenvalue weighted by atomic mass is 16.3. The van der Waals surface area contributed by atoms with Gasteiger partial charge >= 0.3 is 0 Å². The molecular weight excluding hydrogens is 200 g/mol. The Hall–Kier alpha value is -1.70. The number of hydrogen-bond acceptors (Lipinski definition) is 2. The van der Waals surface area contributed by atoms with Crippen LogP contribution in [-0.2, 0) is 12.8 Å². The Balaban J connectivity index is 1.79. The smallest absolute Gasteiger partial charge is 0.107 e. The summed E-state index contributed by atoms with van der Waals surface area (Å²) in [4.78, 5) is 0. The van der Waals surface area contributed by atoms with Crippen molar-refractivity contribution in [2.24, 2.45) is 0 Å². The summed E-state index contributed by atoms with van der Waals surface area (Å²) >= 11 is 0. The van der Waals surface area contributed by atoms with Gasteiger partial charge in [-0.25, -0.2) is 0 Å². The maximum absolute atomic E-state index is 5.30. The predicted octanol–water partition coefficient (Wildman–Crippen LogP) is 3.99. The highest BCUT2D eigenvalue weighted by Crippen LogP contribution is 2.10. The summed E-state index contributed by atoms with van der Waals surface area (Å²) in [6, 6.07) is 5.94. The van der Waals surface area contributed by atoms with Crippen LogP contribution in [-0.4, -0.2) is 0 Å². The van der Waals surface area contributed by atoms with E-state index < -0.39 is 0 Å². The fraction of sp³-hybridized carbons (Fsp3) is 0.286. The highest BCUT2D eigenvalue weighted by Gasteiger charge is 1.97. The predicted molar refractivity (Wildman–Crippen MR) is 63.2 cm³/mol. The van der Waals surface area contributed by atoms with Gasteiger partial charge in [-0.15, -0.1) is 0 Å². The van der Waals surface area contributed by atoms with Crippen molar-refractivity contribution in [3.8, 4) is 0 Å². The Bertz CT molecular complexity index is 421. The van der Waals surface area contributed by atoms with Crippen LogP contribution in [0.15, 0.2) is 57.5 Å². The Morgan fingerprint density at radius 1 is 1.31 bits per heavy atom. The van der Waals surface area contributed by atoms with Gasteiger partial charge < -0.3 is 8.83 Å². The average Bonchev–Trinajstić information content (AvgIpc) is 2.90. The van der Waals surface area contributed by atoms with E-state index in [9.17, 15) is 0 Å². The molecule has 2 aromatic heterocycles. The number of rotatable bonds is 5. The molecule has 2 aromatic rings. The highest BCUT2D eigenvalue weighted by molar-refractivity contribution is 5.12. The molecule has 2 nitrogen and oxygen atoms in total. The lowest BCUT2D eigenvalue weighted by Crippen LogP contribution is -1.85. The molecule has 0 aliphatic heterocycles. The molecule has 0 saturated heterocycles. The van der Waals surface area contributed by atoms with Crippen LogP contribution in [0.25, 0.3) is 0 Å². The third-order valence-electron chi connectivity index (χ3n) is 2.54. The first-order valence-electron chi connectivity index (χ1n) is 5.53. The minimum atomic E-state index is 0.901. The molecule has 16 heavy (non-hydrogen) atoms. The van der Waals surface area contributed by atoms with E-state index in [4.69, 9.17) is 8.83 Å². The van der Waals surface area contributed by atoms with Gasteiger partial charge in [0, 0.05) is 6.42 Å². The van der Waals surface area contributed by atoms with Crippen molar-refractivity contribution in [1.29, 1.82) is 0 Å². The first kappa shape index (κ1) is 10.8. The van der Waals surface area contributed by atoms with Gasteiger partial charge in [0.1, 0.15) is 5.76 Å². The number of hydrogen-bond donors (Lipinski definition) is 0. The van der Waals surface area contributed by atoms with Crippen molar-refractivity contribution in [2.75, 3.05) is 0 Å². The molecule has 84 valence electrons. The molecule has 0 spiro atoms. The normalized spacial score (nSPS) is 11.9. The van der Waals surface area contributed by atoms with E-state index in [2.05, 4.69) is 13.0 Å². The molecule has 0 aliphatic carbocycles. The van der Waals surface area contributed by atoms with E-state index in [1.165, 1.54) is 11.1 Å². The number of furan rings is 2. The van der Waals surface area contributed by atoms with E-state index in [-0.39, 0.29) is 0 Å². The summed E-state index contributed by atoms with van der Waals surface area (Å²) in [6.07, 6.45) is 10.5. The van der Waals surface area contributed by atoms with Gasteiger partial charge in [0.05, 0.1) is 18.8 Å². The second-order valence-corrected chi connectivity index (χ2v) is 3.98. The molecule has 0 atom stereocenters. The Morgan fingerprint density at radius 3 is 2.94 bits per heavy atom. The van der Waals surface area contributed by atoms with E-state index >= 15 is 0 Å². The number of allylic oxidation sites excluding steroid dienone is 2. The van der Waals surface area contributed by atoms with Gasteiger partial charge in [-0.3, -0.25) is 0 Å². The van der Waals surface area contributed by atoms with Crippen LogP contribution in [0, 0.1) is 0 Å². The molecule has 0 aliphatic rings. The molecule has 0 fully saturated rings. The fourth-order valence-corrected chi connectivity index (χ4v) is 1.68. The van der Waals surface area contributed by atoms with E-state index in [0.29, 0.717) is 0 Å². The SMILES string of the molecule is CC(=CCCc1ccoc1)Cc1ccco1. The quantitative estimate of drug-likeness (QED) is 0.706. The van der Waals surface area contributed by atoms with Crippen molar-refractivity contribution in [3.05, 3.63) is 60.0 Å². The lowest BCUT2D eigenvalue weighted by atomic mass is 10.1. The molecule has 0 radical (unpaired) electrons. The Morgan fingerprint density at radius 2 is 2.25 bits per heavy atom. The van der Waals surface area contributed by atoms with E-state index in [0.717, 1.165) is 25.0 Å². The number of aryl methyl sites for hydroxylation is 1. The third-order valence-corrected chi connectivity index (χ3v) is 2.54. The van der Waals surface area contributed by atoms with Crippen LogP contribution in [0.5, 0.6) is 0 Å². The molecule has 0 saturated carbocycles. The first-order valence-corrected chi connectivity index (χ1v) is 5.53. The van der Waals surface area contributed by atoms with Crippen molar-refractivity contribution in [1.82, 2.24) is 0 Å². The van der Waals surface area contributed by atoms with Crippen LogP contribution >= 0.6 is 0 Å². The summed E-state index contributed by atoms with van der Waals surface area (Å²) in [7, 11) is 0. The van der Waals surface area contributed by atoms with Crippen LogP contribution < -0.4 is 0 Å². The van der Waals surface area contributed by atoms with Gasteiger partial charge in [0.15, 0.2) is 0 Å². The summed E-state index contributed by atoms with van der Waals surface area (Å²) in [5.41, 5.74) is 2.60. The van der Waals surface area contributed by atoms with Crippen LogP contribution in [0.4, 0.5) is 0 Å². The summed E-state index contributed by atoms with van der Waals surface area (Å²) < 4.78 is 10.3. The van der Waals surface area contributed by atoms with E-state index in [1.54, 1.807) is 18.8 Å². The summed E-state index contributed by atoms with van der Waals surface area (Å²) in [5, 5.41) is 0. The molecule has 2 rings (SSSR count). The van der Waals surface area contributed by atoms with Crippen molar-refractivity contribution >= 4 is 0 Å². The van der Waals surface area contributed by atoms with Crippen molar-refractivity contribution in [2.45, 2.75) is 26.2 Å². The van der Waals surface area contributed by atoms with Gasteiger partial charge in [0.2, 0.25) is 0 Å². The third kappa shape index (κ3) is 3.16. The molecular formula is C14H16O2. The van der Waals surface area contributed by atoms with E-state index in [1.807, 2.05) is 18.2 Å². The topological polar surface area (TPSA) is 26.3 Å². The monoisotopic (exact) mass is 216 g/mol. The first-order chi connectivity index (χ1) is 7.84. The maximum Gasteiger partial charge on any atom is 0.107 e. The molecule has 0 amide bonds. The second kappa shape index (κ2) is 5.40.